The van der Waals surface area contributed by atoms with E-state index in [1.54, 1.807) is 0 Å². The van der Waals surface area contributed by atoms with E-state index in [-0.39, 0.29) is 45.2 Å². The summed E-state index contributed by atoms with van der Waals surface area (Å²) in [6.07, 6.45) is 29.1. The van der Waals surface area contributed by atoms with Gasteiger partial charge in [-0.2, -0.15) is 0 Å². The topological polar surface area (TPSA) is 128 Å². The third-order valence-corrected chi connectivity index (χ3v) is 11.3. The van der Waals surface area contributed by atoms with Gasteiger partial charge < -0.3 is 47.6 Å². The van der Waals surface area contributed by atoms with Crippen LogP contribution in [0, 0.1) is 5.92 Å². The van der Waals surface area contributed by atoms with Gasteiger partial charge in [0.1, 0.15) is 12.4 Å². The zero-order chi connectivity index (χ0) is 47.0. The van der Waals surface area contributed by atoms with Crippen molar-refractivity contribution >= 4 is 18.4 Å². The highest BCUT2D eigenvalue weighted by molar-refractivity contribution is 5.69. The molecule has 2 atom stereocenters. The minimum atomic E-state index is -0.762. The summed E-state index contributed by atoms with van der Waals surface area (Å²) < 4.78 is 47.2. The molecule has 0 amide bonds. The molecule has 0 saturated heterocycles. The van der Waals surface area contributed by atoms with Gasteiger partial charge in [0, 0.05) is 64.6 Å². The zero-order valence-corrected chi connectivity index (χ0v) is 42.4. The third-order valence-electron chi connectivity index (χ3n) is 11.3. The Morgan fingerprint density at radius 3 is 1.38 bits per heavy atom. The smallest absolute Gasteiger partial charge is 0.466 e. The fourth-order valence-corrected chi connectivity index (χ4v) is 7.23. The number of aldehydes is 1. The van der Waals surface area contributed by atoms with Crippen LogP contribution in [0.25, 0.3) is 0 Å². The number of unbranched alkanes of at least 4 members (excludes halogenated alkanes) is 20. The summed E-state index contributed by atoms with van der Waals surface area (Å²) in [6.45, 7) is 12.9. The Morgan fingerprint density at radius 2 is 0.922 bits per heavy atom. The number of ether oxygens (including phenoxy) is 8. The molecule has 12 nitrogen and oxygen atoms in total. The summed E-state index contributed by atoms with van der Waals surface area (Å²) in [5.74, 6) is -0.757. The van der Waals surface area contributed by atoms with Crippen molar-refractivity contribution in [3.05, 3.63) is 0 Å². The van der Waals surface area contributed by atoms with Crippen molar-refractivity contribution < 1.29 is 52.3 Å². The number of carbonyl (C=O) groups excluding carboxylic acids is 3. The van der Waals surface area contributed by atoms with Gasteiger partial charge in [0.25, 0.3) is 0 Å². The van der Waals surface area contributed by atoms with E-state index >= 15 is 0 Å². The molecular weight excluding hydrogens is 815 g/mol. The van der Waals surface area contributed by atoms with Crippen LogP contribution in [0.5, 0.6) is 0 Å². The van der Waals surface area contributed by atoms with Gasteiger partial charge in [0.2, 0.25) is 0 Å². The van der Waals surface area contributed by atoms with Crippen LogP contribution < -0.4 is 0 Å². The van der Waals surface area contributed by atoms with Gasteiger partial charge in [-0.15, -0.1) is 0 Å². The van der Waals surface area contributed by atoms with Crippen LogP contribution in [-0.4, -0.2) is 115 Å². The molecule has 0 N–H and O–H groups in total. The molecule has 64 heavy (non-hydrogen) atoms. The molecule has 0 fully saturated rings. The zero-order valence-electron chi connectivity index (χ0n) is 42.4. The quantitative estimate of drug-likeness (QED) is 0.0249. The Balaban J connectivity index is 5.17. The van der Waals surface area contributed by atoms with Crippen LogP contribution in [0.4, 0.5) is 4.79 Å². The second-order valence-electron chi connectivity index (χ2n) is 18.0. The van der Waals surface area contributed by atoms with Crippen molar-refractivity contribution in [2.24, 2.45) is 5.92 Å². The Morgan fingerprint density at radius 1 is 0.484 bits per heavy atom. The highest BCUT2D eigenvalue weighted by atomic mass is 16.7. The van der Waals surface area contributed by atoms with Gasteiger partial charge in [0.05, 0.1) is 32.8 Å². The van der Waals surface area contributed by atoms with Crippen LogP contribution in [0.3, 0.4) is 0 Å². The number of carbonyl (C=O) groups is 3. The highest BCUT2D eigenvalue weighted by Crippen LogP contribution is 2.17. The van der Waals surface area contributed by atoms with E-state index in [4.69, 9.17) is 37.9 Å². The maximum atomic E-state index is 12.9. The molecule has 0 spiro atoms. The van der Waals surface area contributed by atoms with Crippen molar-refractivity contribution in [3.8, 4) is 0 Å². The van der Waals surface area contributed by atoms with Gasteiger partial charge in [-0.3, -0.25) is 4.79 Å². The summed E-state index contributed by atoms with van der Waals surface area (Å²) in [7, 11) is 3.93. The standard InChI is InChI=1S/C52H101NO11/c1-7-11-15-19-23-27-37-59-50(60-38-28-24-20-16-12-8-2)33-32-49(55)58-43-35-48(64-52(56)63-41-31-36-53(5)6)34-42-57-46-47(45-54)44-51(61-39-29-25-21-17-13-9-3)62-40-30-26-22-18-14-10-4/h45,47-48,50-51H,7-44,46H2,1-6H3. The maximum Gasteiger partial charge on any atom is 0.508 e. The van der Waals surface area contributed by atoms with Crippen molar-refractivity contribution in [1.29, 1.82) is 0 Å². The van der Waals surface area contributed by atoms with Gasteiger partial charge in [-0.1, -0.05) is 156 Å². The fraction of sp³-hybridized carbons (Fsp3) is 0.942. The molecule has 0 bridgehead atoms. The maximum absolute atomic E-state index is 12.9. The lowest BCUT2D eigenvalue weighted by Gasteiger charge is -2.22. The highest BCUT2D eigenvalue weighted by Gasteiger charge is 2.21. The number of hydrogen-bond acceptors (Lipinski definition) is 12. The predicted octanol–water partition coefficient (Wildman–Crippen LogP) is 12.9. The van der Waals surface area contributed by atoms with Crippen LogP contribution in [0.1, 0.15) is 220 Å². The van der Waals surface area contributed by atoms with E-state index in [1.165, 1.54) is 103 Å². The summed E-state index contributed by atoms with van der Waals surface area (Å²) in [4.78, 5) is 39.8. The molecular formula is C52H101NO11. The Kier molecular flexibility index (Phi) is 47.7. The van der Waals surface area contributed by atoms with Crippen LogP contribution in [-0.2, 0) is 47.5 Å². The molecule has 2 unspecified atom stereocenters. The minimum Gasteiger partial charge on any atom is -0.466 e. The first-order valence-corrected chi connectivity index (χ1v) is 26.4. The first-order chi connectivity index (χ1) is 31.3. The molecule has 0 aromatic carbocycles. The van der Waals surface area contributed by atoms with Crippen LogP contribution >= 0.6 is 0 Å². The SMILES string of the molecule is CCCCCCCCOC(CCC(=O)OCCC(CCOCC(C=O)CC(OCCCCCCCC)OCCCCCCCC)OC(=O)OCCCN(C)C)OCCCCCCCC. The molecule has 0 saturated carbocycles. The number of rotatable bonds is 51. The van der Waals surface area contributed by atoms with Gasteiger partial charge in [-0.25, -0.2) is 4.79 Å². The van der Waals surface area contributed by atoms with Gasteiger partial charge in [0.15, 0.2) is 12.6 Å². The molecule has 380 valence electrons. The molecule has 0 aromatic heterocycles. The first kappa shape index (κ1) is 62.2. The fourth-order valence-electron chi connectivity index (χ4n) is 7.23. The van der Waals surface area contributed by atoms with Crippen LogP contribution in [0.15, 0.2) is 0 Å². The summed E-state index contributed by atoms with van der Waals surface area (Å²) in [5, 5.41) is 0. The molecule has 0 aromatic rings. The molecule has 0 heterocycles. The lowest BCUT2D eigenvalue weighted by molar-refractivity contribution is -0.160. The van der Waals surface area contributed by atoms with E-state index < -0.39 is 30.8 Å². The lowest BCUT2D eigenvalue weighted by Crippen LogP contribution is -2.27. The average Bonchev–Trinajstić information content (AvgIpc) is 3.28. The summed E-state index contributed by atoms with van der Waals surface area (Å²) in [6, 6.07) is 0. The number of hydrogen-bond donors (Lipinski definition) is 0. The van der Waals surface area contributed by atoms with Crippen LogP contribution in [0.2, 0.25) is 0 Å². The minimum absolute atomic E-state index is 0.0733. The van der Waals surface area contributed by atoms with E-state index in [9.17, 15) is 14.4 Å². The monoisotopic (exact) mass is 916 g/mol. The second-order valence-corrected chi connectivity index (χ2v) is 18.0. The Bertz CT molecular complexity index is 967. The molecule has 0 aliphatic carbocycles. The Labute approximate surface area is 393 Å². The van der Waals surface area contributed by atoms with Crippen molar-refractivity contribution in [2.45, 2.75) is 239 Å². The van der Waals surface area contributed by atoms with Gasteiger partial charge in [-0.05, 0) is 46.2 Å². The van der Waals surface area contributed by atoms with E-state index in [0.29, 0.717) is 52.1 Å². The molecule has 0 aliphatic rings. The van der Waals surface area contributed by atoms with E-state index in [2.05, 4.69) is 27.7 Å². The van der Waals surface area contributed by atoms with Crippen molar-refractivity contribution in [1.82, 2.24) is 4.90 Å². The van der Waals surface area contributed by atoms with Crippen molar-refractivity contribution in [3.63, 3.8) is 0 Å². The van der Waals surface area contributed by atoms with Gasteiger partial charge >= 0.3 is 12.1 Å². The molecule has 0 rings (SSSR count). The number of nitrogens with zero attached hydrogens (tertiary/aromatic N) is 1. The first-order valence-electron chi connectivity index (χ1n) is 26.4. The second kappa shape index (κ2) is 49.1. The lowest BCUT2D eigenvalue weighted by atomic mass is 10.1. The predicted molar refractivity (Wildman–Crippen MR) is 259 cm³/mol. The van der Waals surface area contributed by atoms with E-state index in [1.807, 2.05) is 19.0 Å². The molecule has 0 radical (unpaired) electrons. The third kappa shape index (κ3) is 44.0. The van der Waals surface area contributed by atoms with Crippen molar-refractivity contribution in [2.75, 3.05) is 73.5 Å². The summed E-state index contributed by atoms with van der Waals surface area (Å²) in [5.41, 5.74) is 0. The Hall–Kier alpha value is -1.83. The van der Waals surface area contributed by atoms with E-state index in [0.717, 1.165) is 64.2 Å². The molecule has 12 heteroatoms. The average molecular weight is 916 g/mol. The summed E-state index contributed by atoms with van der Waals surface area (Å²) >= 11 is 0. The largest absolute Gasteiger partial charge is 0.508 e. The number of esters is 1. The normalized spacial score (nSPS) is 12.6. The molecule has 0 aliphatic heterocycles.